The Bertz CT molecular complexity index is 473. The van der Waals surface area contributed by atoms with Gasteiger partial charge in [0, 0.05) is 25.7 Å². The summed E-state index contributed by atoms with van der Waals surface area (Å²) in [6.45, 7) is 1.58. The third-order valence-corrected chi connectivity index (χ3v) is 2.68. The van der Waals surface area contributed by atoms with E-state index in [0.717, 1.165) is 29.9 Å². The molecule has 86 valence electrons. The van der Waals surface area contributed by atoms with Crippen molar-refractivity contribution in [2.24, 2.45) is 5.73 Å². The third kappa shape index (κ3) is 2.23. The monoisotopic (exact) mass is 218 g/mol. The largest absolute Gasteiger partial charge is 0.326 e. The summed E-state index contributed by atoms with van der Waals surface area (Å²) in [5.74, 6) is 1.10. The van der Waals surface area contributed by atoms with Crippen molar-refractivity contribution in [3.63, 3.8) is 0 Å². The van der Waals surface area contributed by atoms with Crippen LogP contribution < -0.4 is 5.73 Å². The van der Waals surface area contributed by atoms with Gasteiger partial charge in [0.2, 0.25) is 0 Å². The highest BCUT2D eigenvalue weighted by molar-refractivity contribution is 5.47. The minimum absolute atomic E-state index is 0.571. The first kappa shape index (κ1) is 11.1. The molecule has 2 N–H and O–H groups in total. The molecule has 4 nitrogen and oxygen atoms in total. The number of fused-ring (bicyclic) bond motifs is 1. The van der Waals surface area contributed by atoms with Crippen LogP contribution in [0.15, 0.2) is 24.5 Å². The maximum atomic E-state index is 5.64. The lowest BCUT2D eigenvalue weighted by molar-refractivity contribution is 0.409. The van der Waals surface area contributed by atoms with Gasteiger partial charge in [-0.25, -0.2) is 4.98 Å². The Labute approximate surface area is 95.7 Å². The normalized spacial score (nSPS) is 11.5. The molecular formula is C12H18N4. The minimum Gasteiger partial charge on any atom is -0.326 e. The van der Waals surface area contributed by atoms with Gasteiger partial charge in [0.05, 0.1) is 11.7 Å². The van der Waals surface area contributed by atoms with Crippen molar-refractivity contribution in [1.82, 2.24) is 14.3 Å². The summed E-state index contributed by atoms with van der Waals surface area (Å²) in [5.41, 5.74) is 7.91. The summed E-state index contributed by atoms with van der Waals surface area (Å²) in [6.07, 6.45) is 4.94. The molecule has 0 amide bonds. The van der Waals surface area contributed by atoms with Crippen LogP contribution >= 0.6 is 0 Å². The van der Waals surface area contributed by atoms with Gasteiger partial charge in [-0.15, -0.1) is 0 Å². The molecule has 0 saturated heterocycles. The summed E-state index contributed by atoms with van der Waals surface area (Å²) >= 11 is 0. The lowest BCUT2D eigenvalue weighted by atomic mass is 10.2. The van der Waals surface area contributed by atoms with Crippen LogP contribution in [0.5, 0.6) is 0 Å². The molecule has 0 aromatic carbocycles. The van der Waals surface area contributed by atoms with E-state index in [1.807, 2.05) is 12.3 Å². The molecule has 0 unspecified atom stereocenters. The first-order valence-electron chi connectivity index (χ1n) is 5.50. The summed E-state index contributed by atoms with van der Waals surface area (Å²) in [4.78, 5) is 6.60. The van der Waals surface area contributed by atoms with Crippen molar-refractivity contribution >= 4 is 5.52 Å². The molecule has 0 aliphatic heterocycles. The van der Waals surface area contributed by atoms with Crippen molar-refractivity contribution < 1.29 is 0 Å². The predicted octanol–water partition coefficient (Wildman–Crippen LogP) is 0.897. The Hall–Kier alpha value is -1.39. The molecule has 0 radical (unpaired) electrons. The number of nitrogens with two attached hydrogens (primary N) is 1. The number of hydrogen-bond acceptors (Lipinski definition) is 3. The number of pyridine rings is 1. The van der Waals surface area contributed by atoms with Crippen LogP contribution in [0.2, 0.25) is 0 Å². The molecule has 0 atom stereocenters. The second-order valence-electron chi connectivity index (χ2n) is 4.26. The van der Waals surface area contributed by atoms with E-state index in [2.05, 4.69) is 40.6 Å². The number of nitrogens with zero attached hydrogens (tertiary/aromatic N) is 3. The van der Waals surface area contributed by atoms with Crippen molar-refractivity contribution in [3.05, 3.63) is 35.9 Å². The van der Waals surface area contributed by atoms with Crippen LogP contribution in [-0.4, -0.2) is 34.9 Å². The van der Waals surface area contributed by atoms with Gasteiger partial charge in [0.1, 0.15) is 5.82 Å². The van der Waals surface area contributed by atoms with Crippen LogP contribution in [-0.2, 0) is 13.0 Å². The van der Waals surface area contributed by atoms with Crippen molar-refractivity contribution in [2.45, 2.75) is 13.0 Å². The second-order valence-corrected chi connectivity index (χ2v) is 4.26. The van der Waals surface area contributed by atoms with E-state index in [1.54, 1.807) is 0 Å². The van der Waals surface area contributed by atoms with Gasteiger partial charge in [-0.3, -0.25) is 0 Å². The van der Waals surface area contributed by atoms with Crippen molar-refractivity contribution in [3.8, 4) is 0 Å². The summed E-state index contributed by atoms with van der Waals surface area (Å²) < 4.78 is 2.13. The molecule has 16 heavy (non-hydrogen) atoms. The maximum absolute atomic E-state index is 5.64. The third-order valence-electron chi connectivity index (χ3n) is 2.68. The Kier molecular flexibility index (Phi) is 3.22. The molecule has 2 rings (SSSR count). The van der Waals surface area contributed by atoms with Gasteiger partial charge < -0.3 is 15.0 Å². The lowest BCUT2D eigenvalue weighted by Crippen LogP contribution is -2.16. The highest BCUT2D eigenvalue weighted by Gasteiger charge is 2.04. The Morgan fingerprint density at radius 3 is 2.88 bits per heavy atom. The quantitative estimate of drug-likeness (QED) is 0.829. The van der Waals surface area contributed by atoms with E-state index in [4.69, 9.17) is 5.73 Å². The molecule has 2 heterocycles. The number of likely N-dealkylation sites (N-methyl/N-ethyl adjacent to an activating group) is 1. The summed E-state index contributed by atoms with van der Waals surface area (Å²) in [5, 5.41) is 0. The Morgan fingerprint density at radius 1 is 1.38 bits per heavy atom. The Balaban J connectivity index is 2.30. The van der Waals surface area contributed by atoms with E-state index in [9.17, 15) is 0 Å². The predicted molar refractivity (Wildman–Crippen MR) is 65.3 cm³/mol. The topological polar surface area (TPSA) is 46.6 Å². The van der Waals surface area contributed by atoms with E-state index in [1.165, 1.54) is 0 Å². The molecule has 2 aromatic rings. The molecule has 2 aromatic heterocycles. The van der Waals surface area contributed by atoms with Gasteiger partial charge in [0.25, 0.3) is 0 Å². The number of imidazole rings is 1. The second kappa shape index (κ2) is 4.63. The van der Waals surface area contributed by atoms with Gasteiger partial charge in [-0.2, -0.15) is 0 Å². The van der Waals surface area contributed by atoms with Crippen molar-refractivity contribution in [2.75, 3.05) is 20.6 Å². The zero-order chi connectivity index (χ0) is 11.5. The molecule has 0 spiro atoms. The zero-order valence-corrected chi connectivity index (χ0v) is 9.85. The van der Waals surface area contributed by atoms with E-state index < -0.39 is 0 Å². The van der Waals surface area contributed by atoms with E-state index in [-0.39, 0.29) is 0 Å². The number of rotatable bonds is 4. The average molecular weight is 218 g/mol. The summed E-state index contributed by atoms with van der Waals surface area (Å²) in [7, 11) is 4.14. The fourth-order valence-electron chi connectivity index (χ4n) is 1.72. The zero-order valence-electron chi connectivity index (χ0n) is 9.85. The van der Waals surface area contributed by atoms with Crippen LogP contribution in [0.1, 0.15) is 11.4 Å². The van der Waals surface area contributed by atoms with Gasteiger partial charge >= 0.3 is 0 Å². The molecule has 0 aliphatic rings. The maximum Gasteiger partial charge on any atom is 0.114 e. The first-order valence-corrected chi connectivity index (χ1v) is 5.50. The van der Waals surface area contributed by atoms with E-state index in [0.29, 0.717) is 6.54 Å². The number of aromatic nitrogens is 2. The molecular weight excluding hydrogens is 200 g/mol. The fraction of sp³-hybridized carbons (Fsp3) is 0.417. The molecule has 4 heteroatoms. The molecule has 0 saturated carbocycles. The molecule has 0 aliphatic carbocycles. The standard InChI is InChI=1S/C12H18N4/c1-15(2)6-5-12-14-8-11-4-3-10(7-13)9-16(11)12/h3-4,8-9H,5-7,13H2,1-2H3. The first-order chi connectivity index (χ1) is 7.70. The smallest absolute Gasteiger partial charge is 0.114 e. The van der Waals surface area contributed by atoms with Gasteiger partial charge in [-0.1, -0.05) is 6.07 Å². The lowest BCUT2D eigenvalue weighted by Gasteiger charge is -2.08. The van der Waals surface area contributed by atoms with Crippen molar-refractivity contribution in [1.29, 1.82) is 0 Å². The summed E-state index contributed by atoms with van der Waals surface area (Å²) in [6, 6.07) is 4.11. The van der Waals surface area contributed by atoms with E-state index >= 15 is 0 Å². The SMILES string of the molecule is CN(C)CCc1ncc2ccc(CN)cn12. The van der Waals surface area contributed by atoms with Crippen LogP contribution in [0.4, 0.5) is 0 Å². The highest BCUT2D eigenvalue weighted by atomic mass is 15.1. The van der Waals surface area contributed by atoms with Crippen LogP contribution in [0.3, 0.4) is 0 Å². The van der Waals surface area contributed by atoms with Gasteiger partial charge in [-0.05, 0) is 25.7 Å². The molecule has 0 fully saturated rings. The van der Waals surface area contributed by atoms with Crippen LogP contribution in [0.25, 0.3) is 5.52 Å². The highest BCUT2D eigenvalue weighted by Crippen LogP contribution is 2.09. The van der Waals surface area contributed by atoms with Gasteiger partial charge in [0.15, 0.2) is 0 Å². The fourth-order valence-corrected chi connectivity index (χ4v) is 1.72. The minimum atomic E-state index is 0.571. The Morgan fingerprint density at radius 2 is 2.19 bits per heavy atom. The molecule has 0 bridgehead atoms. The number of hydrogen-bond donors (Lipinski definition) is 1. The van der Waals surface area contributed by atoms with Crippen LogP contribution in [0, 0.1) is 0 Å². The average Bonchev–Trinajstić information content (AvgIpc) is 2.68.